The van der Waals surface area contributed by atoms with Gasteiger partial charge in [0.05, 0.1) is 0 Å². The molecular formula is C32H68O2. The molecule has 0 aliphatic rings. The summed E-state index contributed by atoms with van der Waals surface area (Å²) in [4.78, 5) is 0. The molecule has 0 heterocycles. The average Bonchev–Trinajstić information content (AvgIpc) is 2.85. The van der Waals surface area contributed by atoms with E-state index in [2.05, 4.69) is 13.8 Å². The molecule has 2 N–H and O–H groups in total. The van der Waals surface area contributed by atoms with Crippen molar-refractivity contribution in [3.63, 3.8) is 0 Å². The molecule has 0 saturated carbocycles. The summed E-state index contributed by atoms with van der Waals surface area (Å²) >= 11 is 0. The Morgan fingerprint density at radius 2 is 0.382 bits per heavy atom. The molecular weight excluding hydrogens is 416 g/mol. The first-order valence-corrected chi connectivity index (χ1v) is 16.0. The molecule has 2 nitrogen and oxygen atoms in total. The lowest BCUT2D eigenvalue weighted by atomic mass is 10.0. The SMILES string of the molecule is CCCCCCCCCCCCCCCCCCO.CCCCCCCCCCCCCCO. The van der Waals surface area contributed by atoms with Crippen molar-refractivity contribution < 1.29 is 10.2 Å². The van der Waals surface area contributed by atoms with E-state index in [-0.39, 0.29) is 0 Å². The standard InChI is InChI=1S/C18H38O.C14H30O/c1-2-3-4-5-6-7-8-9-10-11-12-13-14-15-16-17-18-19;1-2-3-4-5-6-7-8-9-10-11-12-13-14-15/h19H,2-18H2,1H3;15H,2-14H2,1H3. The number of aliphatic hydroxyl groups excluding tert-OH is 2. The molecule has 34 heavy (non-hydrogen) atoms. The van der Waals surface area contributed by atoms with E-state index in [4.69, 9.17) is 10.2 Å². The van der Waals surface area contributed by atoms with E-state index >= 15 is 0 Å². The van der Waals surface area contributed by atoms with Gasteiger partial charge in [-0.25, -0.2) is 0 Å². The van der Waals surface area contributed by atoms with Crippen molar-refractivity contribution in [1.29, 1.82) is 0 Å². The predicted molar refractivity (Wildman–Crippen MR) is 155 cm³/mol. The molecule has 0 aromatic carbocycles. The van der Waals surface area contributed by atoms with Gasteiger partial charge in [0.15, 0.2) is 0 Å². The molecule has 0 aliphatic heterocycles. The van der Waals surface area contributed by atoms with Gasteiger partial charge in [0, 0.05) is 13.2 Å². The van der Waals surface area contributed by atoms with Crippen molar-refractivity contribution in [2.24, 2.45) is 0 Å². The third-order valence-electron chi connectivity index (χ3n) is 7.02. The first-order valence-electron chi connectivity index (χ1n) is 16.0. The molecule has 0 unspecified atom stereocenters. The van der Waals surface area contributed by atoms with Gasteiger partial charge < -0.3 is 10.2 Å². The number of aliphatic hydroxyl groups is 2. The molecule has 0 amide bonds. The van der Waals surface area contributed by atoms with Crippen molar-refractivity contribution in [3.05, 3.63) is 0 Å². The highest BCUT2D eigenvalue weighted by Gasteiger charge is 1.94. The zero-order valence-electron chi connectivity index (χ0n) is 24.1. The van der Waals surface area contributed by atoms with E-state index in [0.717, 1.165) is 12.8 Å². The summed E-state index contributed by atoms with van der Waals surface area (Å²) in [6.07, 6.45) is 38.4. The molecule has 0 rings (SSSR count). The van der Waals surface area contributed by atoms with Crippen LogP contribution in [0.4, 0.5) is 0 Å². The molecule has 0 bridgehead atoms. The van der Waals surface area contributed by atoms with Crippen LogP contribution in [0.2, 0.25) is 0 Å². The van der Waals surface area contributed by atoms with Crippen molar-refractivity contribution >= 4 is 0 Å². The third kappa shape index (κ3) is 39.1. The van der Waals surface area contributed by atoms with Gasteiger partial charge in [-0.1, -0.05) is 181 Å². The highest BCUT2D eigenvalue weighted by molar-refractivity contribution is 4.50. The maximum absolute atomic E-state index is 8.67. The third-order valence-corrected chi connectivity index (χ3v) is 7.02. The summed E-state index contributed by atoms with van der Waals surface area (Å²) in [6, 6.07) is 0. The second-order valence-corrected chi connectivity index (χ2v) is 10.6. The molecule has 0 saturated heterocycles. The minimum atomic E-state index is 0.372. The number of rotatable bonds is 28. The fraction of sp³-hybridized carbons (Fsp3) is 1.00. The Balaban J connectivity index is 0. The van der Waals surface area contributed by atoms with E-state index < -0.39 is 0 Å². The minimum absolute atomic E-state index is 0.372. The maximum Gasteiger partial charge on any atom is 0.0431 e. The fourth-order valence-electron chi connectivity index (χ4n) is 4.61. The van der Waals surface area contributed by atoms with Gasteiger partial charge in [-0.2, -0.15) is 0 Å². The Bertz CT molecular complexity index is 277. The summed E-state index contributed by atoms with van der Waals surface area (Å²) in [7, 11) is 0. The Kier molecular flexibility index (Phi) is 39.8. The van der Waals surface area contributed by atoms with Crippen LogP contribution in [0.1, 0.15) is 194 Å². The second kappa shape index (κ2) is 37.5. The van der Waals surface area contributed by atoms with E-state index in [1.165, 1.54) is 167 Å². The summed E-state index contributed by atoms with van der Waals surface area (Å²) in [5.41, 5.74) is 0. The fourth-order valence-corrected chi connectivity index (χ4v) is 4.61. The van der Waals surface area contributed by atoms with Crippen LogP contribution in [-0.4, -0.2) is 23.4 Å². The van der Waals surface area contributed by atoms with Crippen LogP contribution < -0.4 is 0 Å². The summed E-state index contributed by atoms with van der Waals surface area (Å²) in [6.45, 7) is 5.30. The molecule has 208 valence electrons. The van der Waals surface area contributed by atoms with Gasteiger partial charge in [0.2, 0.25) is 0 Å². The van der Waals surface area contributed by atoms with Crippen molar-refractivity contribution in [2.45, 2.75) is 194 Å². The van der Waals surface area contributed by atoms with Crippen molar-refractivity contribution in [1.82, 2.24) is 0 Å². The first-order chi connectivity index (χ1) is 16.8. The van der Waals surface area contributed by atoms with Gasteiger partial charge in [0.25, 0.3) is 0 Å². The van der Waals surface area contributed by atoms with Crippen molar-refractivity contribution in [2.75, 3.05) is 13.2 Å². The normalized spacial score (nSPS) is 10.9. The predicted octanol–water partition coefficient (Wildman–Crippen LogP) is 10.9. The van der Waals surface area contributed by atoms with Crippen LogP contribution in [0.25, 0.3) is 0 Å². The molecule has 0 aromatic rings. The number of unbranched alkanes of at least 4 members (excludes halogenated alkanes) is 26. The molecule has 0 radical (unpaired) electrons. The molecule has 0 aromatic heterocycles. The summed E-state index contributed by atoms with van der Waals surface area (Å²) < 4.78 is 0. The lowest BCUT2D eigenvalue weighted by Gasteiger charge is -2.03. The molecule has 2 heteroatoms. The highest BCUT2D eigenvalue weighted by atomic mass is 16.3. The lowest BCUT2D eigenvalue weighted by Crippen LogP contribution is -1.85. The topological polar surface area (TPSA) is 40.5 Å². The first kappa shape index (κ1) is 36.1. The van der Waals surface area contributed by atoms with Gasteiger partial charge in [-0.3, -0.25) is 0 Å². The van der Waals surface area contributed by atoms with E-state index in [1.54, 1.807) is 0 Å². The monoisotopic (exact) mass is 485 g/mol. The Labute approximate surface area is 217 Å². The molecule has 0 fully saturated rings. The molecule has 0 spiro atoms. The summed E-state index contributed by atoms with van der Waals surface area (Å²) in [5.74, 6) is 0. The van der Waals surface area contributed by atoms with Crippen LogP contribution in [0.15, 0.2) is 0 Å². The van der Waals surface area contributed by atoms with Gasteiger partial charge in [-0.15, -0.1) is 0 Å². The lowest BCUT2D eigenvalue weighted by molar-refractivity contribution is 0.282. The number of hydrogen-bond donors (Lipinski definition) is 2. The molecule has 0 aliphatic carbocycles. The Hall–Kier alpha value is -0.0800. The zero-order valence-corrected chi connectivity index (χ0v) is 24.1. The average molecular weight is 485 g/mol. The van der Waals surface area contributed by atoms with Crippen LogP contribution in [0.5, 0.6) is 0 Å². The van der Waals surface area contributed by atoms with Gasteiger partial charge >= 0.3 is 0 Å². The van der Waals surface area contributed by atoms with E-state index in [1.807, 2.05) is 0 Å². The van der Waals surface area contributed by atoms with E-state index in [9.17, 15) is 0 Å². The Morgan fingerprint density at radius 3 is 0.529 bits per heavy atom. The smallest absolute Gasteiger partial charge is 0.0431 e. The summed E-state index contributed by atoms with van der Waals surface area (Å²) in [5, 5.41) is 17.3. The van der Waals surface area contributed by atoms with Crippen LogP contribution >= 0.6 is 0 Å². The minimum Gasteiger partial charge on any atom is -0.396 e. The van der Waals surface area contributed by atoms with E-state index in [0.29, 0.717) is 13.2 Å². The highest BCUT2D eigenvalue weighted by Crippen LogP contribution is 2.14. The van der Waals surface area contributed by atoms with Crippen molar-refractivity contribution in [3.8, 4) is 0 Å². The maximum atomic E-state index is 8.67. The quantitative estimate of drug-likeness (QED) is 0.108. The number of hydrogen-bond acceptors (Lipinski definition) is 2. The van der Waals surface area contributed by atoms with Crippen LogP contribution in [0, 0.1) is 0 Å². The largest absolute Gasteiger partial charge is 0.396 e. The van der Waals surface area contributed by atoms with Gasteiger partial charge in [-0.05, 0) is 12.8 Å². The zero-order chi connectivity index (χ0) is 25.2. The van der Waals surface area contributed by atoms with Gasteiger partial charge in [0.1, 0.15) is 0 Å². The second-order valence-electron chi connectivity index (χ2n) is 10.6. The van der Waals surface area contributed by atoms with Crippen LogP contribution in [0.3, 0.4) is 0 Å². The van der Waals surface area contributed by atoms with Crippen LogP contribution in [-0.2, 0) is 0 Å². The molecule has 0 atom stereocenters. The Morgan fingerprint density at radius 1 is 0.235 bits per heavy atom.